The van der Waals surface area contributed by atoms with Gasteiger partial charge in [0.05, 0.1) is 0 Å². The van der Waals surface area contributed by atoms with E-state index in [1.165, 1.54) is 12.1 Å². The number of benzene rings is 2. The first kappa shape index (κ1) is 19.8. The number of rotatable bonds is 4. The van der Waals surface area contributed by atoms with E-state index in [0.29, 0.717) is 17.2 Å². The van der Waals surface area contributed by atoms with E-state index in [0.717, 1.165) is 22.4 Å². The highest BCUT2D eigenvalue weighted by Gasteiger charge is 2.32. The summed E-state index contributed by atoms with van der Waals surface area (Å²) < 4.78 is 11.5. The smallest absolute Gasteiger partial charge is 0.278 e. The molecule has 2 aliphatic heterocycles. The Kier molecular flexibility index (Phi) is 4.85. The van der Waals surface area contributed by atoms with Crippen molar-refractivity contribution in [3.63, 3.8) is 0 Å². The van der Waals surface area contributed by atoms with Gasteiger partial charge in [-0.15, -0.1) is 0 Å². The second-order valence-corrected chi connectivity index (χ2v) is 7.69. The lowest BCUT2D eigenvalue weighted by molar-refractivity contribution is -0.117. The van der Waals surface area contributed by atoms with Crippen molar-refractivity contribution in [1.29, 1.82) is 0 Å². The largest absolute Gasteiger partial charge is 0.454 e. The molecule has 1 unspecified atom stereocenters. The average Bonchev–Trinajstić information content (AvgIpc) is 3.37. The highest BCUT2D eigenvalue weighted by atomic mass is 16.7. The van der Waals surface area contributed by atoms with E-state index < -0.39 is 11.5 Å². The molecule has 3 aromatic rings. The van der Waals surface area contributed by atoms with Gasteiger partial charge in [0.1, 0.15) is 12.2 Å². The molecule has 3 heterocycles. The molecule has 5 rings (SSSR count). The van der Waals surface area contributed by atoms with Gasteiger partial charge in [-0.25, -0.2) is 4.68 Å². The maximum absolute atomic E-state index is 13.2. The molecule has 2 amide bonds. The Morgan fingerprint density at radius 3 is 2.78 bits per heavy atom. The van der Waals surface area contributed by atoms with Crippen molar-refractivity contribution in [3.05, 3.63) is 76.2 Å². The molecule has 32 heavy (non-hydrogen) atoms. The lowest BCUT2D eigenvalue weighted by Gasteiger charge is -2.22. The number of para-hydroxylation sites is 1. The highest BCUT2D eigenvalue weighted by molar-refractivity contribution is 6.06. The third-order valence-corrected chi connectivity index (χ3v) is 5.46. The van der Waals surface area contributed by atoms with Gasteiger partial charge in [-0.05, 0) is 43.2 Å². The standard InChI is InChI=1S/C23H20N4O5/c1-14-10-15-4-2-3-5-18(15)27(14)23(30)17-7-9-22(29)26(25-17)12-21(28)24-16-6-8-19-20(11-16)32-13-31-19/h2-9,11,14H,10,12-13H2,1H3,(H,24,28). The topological polar surface area (TPSA) is 103 Å². The van der Waals surface area contributed by atoms with E-state index in [9.17, 15) is 14.4 Å². The minimum Gasteiger partial charge on any atom is -0.454 e. The van der Waals surface area contributed by atoms with Crippen LogP contribution in [0.1, 0.15) is 23.0 Å². The Morgan fingerprint density at radius 2 is 1.91 bits per heavy atom. The summed E-state index contributed by atoms with van der Waals surface area (Å²) in [5.41, 5.74) is 2.05. The lowest BCUT2D eigenvalue weighted by Crippen LogP contribution is -2.38. The van der Waals surface area contributed by atoms with E-state index in [2.05, 4.69) is 10.4 Å². The van der Waals surface area contributed by atoms with Crippen molar-refractivity contribution in [2.75, 3.05) is 17.0 Å². The molecule has 0 radical (unpaired) electrons. The molecule has 0 spiro atoms. The minimum atomic E-state index is -0.475. The monoisotopic (exact) mass is 432 g/mol. The first-order chi connectivity index (χ1) is 15.5. The summed E-state index contributed by atoms with van der Waals surface area (Å²) in [4.78, 5) is 39.7. The summed E-state index contributed by atoms with van der Waals surface area (Å²) in [6.45, 7) is 1.76. The molecule has 2 aromatic carbocycles. The van der Waals surface area contributed by atoms with Crippen LogP contribution in [0.2, 0.25) is 0 Å². The molecule has 1 aromatic heterocycles. The maximum atomic E-state index is 13.2. The van der Waals surface area contributed by atoms with E-state index in [1.54, 1.807) is 23.1 Å². The lowest BCUT2D eigenvalue weighted by atomic mass is 10.1. The van der Waals surface area contributed by atoms with Crippen LogP contribution in [0.4, 0.5) is 11.4 Å². The average molecular weight is 432 g/mol. The van der Waals surface area contributed by atoms with Crippen LogP contribution in [0.15, 0.2) is 59.4 Å². The Labute approximate surface area is 183 Å². The molecule has 2 aliphatic rings. The van der Waals surface area contributed by atoms with Crippen molar-refractivity contribution in [3.8, 4) is 11.5 Å². The highest BCUT2D eigenvalue weighted by Crippen LogP contribution is 2.34. The molecule has 9 nitrogen and oxygen atoms in total. The summed E-state index contributed by atoms with van der Waals surface area (Å²) in [5.74, 6) is 0.367. The number of aromatic nitrogens is 2. The van der Waals surface area contributed by atoms with Crippen LogP contribution in [0.5, 0.6) is 11.5 Å². The summed E-state index contributed by atoms with van der Waals surface area (Å²) in [6, 6.07) is 15.3. The Morgan fingerprint density at radius 1 is 1.09 bits per heavy atom. The van der Waals surface area contributed by atoms with Gasteiger partial charge in [0.25, 0.3) is 11.5 Å². The van der Waals surface area contributed by atoms with Crippen LogP contribution in [-0.2, 0) is 17.8 Å². The van der Waals surface area contributed by atoms with Gasteiger partial charge < -0.3 is 19.7 Å². The van der Waals surface area contributed by atoms with Crippen LogP contribution in [0.25, 0.3) is 0 Å². The zero-order valence-electron chi connectivity index (χ0n) is 17.3. The van der Waals surface area contributed by atoms with Crippen molar-refractivity contribution in [2.45, 2.75) is 25.9 Å². The summed E-state index contributed by atoms with van der Waals surface area (Å²) in [7, 11) is 0. The number of anilines is 2. The van der Waals surface area contributed by atoms with Gasteiger partial charge in [0.15, 0.2) is 11.5 Å². The predicted octanol–water partition coefficient (Wildman–Crippen LogP) is 2.20. The fourth-order valence-corrected chi connectivity index (χ4v) is 3.99. The molecule has 0 saturated heterocycles. The number of carbonyl (C=O) groups is 2. The number of hydrogen-bond donors (Lipinski definition) is 1. The fraction of sp³-hybridized carbons (Fsp3) is 0.217. The van der Waals surface area contributed by atoms with Crippen LogP contribution in [0.3, 0.4) is 0 Å². The number of nitrogens with one attached hydrogen (secondary N) is 1. The SMILES string of the molecule is CC1Cc2ccccc2N1C(=O)c1ccc(=O)n(CC(=O)Nc2ccc3c(c2)OCO3)n1. The molecule has 1 atom stereocenters. The third kappa shape index (κ3) is 3.58. The van der Waals surface area contributed by atoms with Gasteiger partial charge in [0, 0.05) is 29.5 Å². The van der Waals surface area contributed by atoms with E-state index in [4.69, 9.17) is 9.47 Å². The molecule has 9 heteroatoms. The molecule has 0 bridgehead atoms. The van der Waals surface area contributed by atoms with Crippen molar-refractivity contribution < 1.29 is 19.1 Å². The first-order valence-corrected chi connectivity index (χ1v) is 10.2. The Hall–Kier alpha value is -4.14. The zero-order chi connectivity index (χ0) is 22.2. The second kappa shape index (κ2) is 7.84. The molecular formula is C23H20N4O5. The normalized spacial score (nSPS) is 16.0. The number of nitrogens with zero attached hydrogens (tertiary/aromatic N) is 3. The predicted molar refractivity (Wildman–Crippen MR) is 116 cm³/mol. The molecule has 0 aliphatic carbocycles. The van der Waals surface area contributed by atoms with Gasteiger partial charge in [-0.2, -0.15) is 5.10 Å². The first-order valence-electron chi connectivity index (χ1n) is 10.2. The Bertz CT molecular complexity index is 1290. The summed E-state index contributed by atoms with van der Waals surface area (Å²) >= 11 is 0. The molecule has 1 N–H and O–H groups in total. The van der Waals surface area contributed by atoms with Gasteiger partial charge in [0.2, 0.25) is 12.7 Å². The van der Waals surface area contributed by atoms with Gasteiger partial charge >= 0.3 is 0 Å². The van der Waals surface area contributed by atoms with Crippen LogP contribution >= 0.6 is 0 Å². The minimum absolute atomic E-state index is 0.0311. The molecular weight excluding hydrogens is 412 g/mol. The van der Waals surface area contributed by atoms with Crippen molar-refractivity contribution >= 4 is 23.2 Å². The van der Waals surface area contributed by atoms with E-state index >= 15 is 0 Å². The maximum Gasteiger partial charge on any atom is 0.278 e. The third-order valence-electron chi connectivity index (χ3n) is 5.46. The zero-order valence-corrected chi connectivity index (χ0v) is 17.3. The van der Waals surface area contributed by atoms with Crippen LogP contribution in [-0.4, -0.2) is 34.4 Å². The van der Waals surface area contributed by atoms with Crippen LogP contribution in [0, 0.1) is 0 Å². The van der Waals surface area contributed by atoms with Crippen LogP contribution < -0.4 is 25.2 Å². The molecule has 0 fully saturated rings. The number of amides is 2. The van der Waals surface area contributed by atoms with Crippen molar-refractivity contribution in [1.82, 2.24) is 9.78 Å². The molecule has 162 valence electrons. The quantitative estimate of drug-likeness (QED) is 0.678. The van der Waals surface area contributed by atoms with Crippen molar-refractivity contribution in [2.24, 2.45) is 0 Å². The summed E-state index contributed by atoms with van der Waals surface area (Å²) in [6.07, 6.45) is 0.749. The van der Waals surface area contributed by atoms with Gasteiger partial charge in [-0.3, -0.25) is 14.4 Å². The fourth-order valence-electron chi connectivity index (χ4n) is 3.99. The molecule has 0 saturated carbocycles. The Balaban J connectivity index is 1.34. The van der Waals surface area contributed by atoms with Gasteiger partial charge in [-0.1, -0.05) is 18.2 Å². The number of carbonyl (C=O) groups excluding carboxylic acids is 2. The number of fused-ring (bicyclic) bond motifs is 2. The summed E-state index contributed by atoms with van der Waals surface area (Å²) in [5, 5.41) is 6.87. The number of hydrogen-bond acceptors (Lipinski definition) is 6. The number of ether oxygens (including phenoxy) is 2. The van der Waals surface area contributed by atoms with E-state index in [-0.39, 0.29) is 31.0 Å². The van der Waals surface area contributed by atoms with E-state index in [1.807, 2.05) is 31.2 Å². The second-order valence-electron chi connectivity index (χ2n) is 7.69.